The van der Waals surface area contributed by atoms with Crippen molar-refractivity contribution in [1.82, 2.24) is 10.2 Å². The van der Waals surface area contributed by atoms with Gasteiger partial charge in [0.1, 0.15) is 5.82 Å². The van der Waals surface area contributed by atoms with Gasteiger partial charge in [-0.1, -0.05) is 0 Å². The highest BCUT2D eigenvalue weighted by atomic mass is 35.5. The molecule has 1 aliphatic heterocycles. The summed E-state index contributed by atoms with van der Waals surface area (Å²) in [5.41, 5.74) is -1.27. The molecule has 0 unspecified atom stereocenters. The van der Waals surface area contributed by atoms with Crippen molar-refractivity contribution >= 4 is 12.4 Å². The summed E-state index contributed by atoms with van der Waals surface area (Å²) in [4.78, 5) is 1.66. The lowest BCUT2D eigenvalue weighted by molar-refractivity contribution is -0.140. The van der Waals surface area contributed by atoms with Crippen LogP contribution in [-0.4, -0.2) is 37.3 Å². The molecule has 1 N–H and O–H groups in total. The zero-order valence-electron chi connectivity index (χ0n) is 13.1. The molecule has 1 aromatic rings. The second-order valence-corrected chi connectivity index (χ2v) is 5.73. The zero-order chi connectivity index (χ0) is 18.0. The minimum absolute atomic E-state index is 0. The van der Waals surface area contributed by atoms with Gasteiger partial charge in [0.05, 0.1) is 5.56 Å². The Bertz CT molecular complexity index is 554. The molecule has 0 aromatic heterocycles. The molecule has 0 bridgehead atoms. The number of nitrogens with zero attached hydrogens (tertiary/aromatic N) is 1. The van der Waals surface area contributed by atoms with Gasteiger partial charge in [0.15, 0.2) is 0 Å². The van der Waals surface area contributed by atoms with Crippen molar-refractivity contribution in [1.29, 1.82) is 0 Å². The highest BCUT2D eigenvalue weighted by molar-refractivity contribution is 5.85. The highest BCUT2D eigenvalue weighted by Gasteiger charge is 2.35. The van der Waals surface area contributed by atoms with Gasteiger partial charge in [0.2, 0.25) is 0 Å². The molecule has 25 heavy (non-hydrogen) atoms. The molecule has 144 valence electrons. The molecule has 0 radical (unpaired) electrons. The van der Waals surface area contributed by atoms with Crippen LogP contribution in [-0.2, 0) is 6.18 Å². The van der Waals surface area contributed by atoms with E-state index in [0.29, 0.717) is 32.2 Å². The maximum atomic E-state index is 13.6. The van der Waals surface area contributed by atoms with Gasteiger partial charge in [0, 0.05) is 38.6 Å². The van der Waals surface area contributed by atoms with Crippen LogP contribution in [0.1, 0.15) is 30.0 Å². The molecular weight excluding hydrogens is 377 g/mol. The quantitative estimate of drug-likeness (QED) is 0.753. The number of nitrogens with one attached hydrogen (secondary N) is 1. The summed E-state index contributed by atoms with van der Waals surface area (Å²) < 4.78 is 89.9. The second kappa shape index (κ2) is 8.55. The van der Waals surface area contributed by atoms with Crippen molar-refractivity contribution in [3.05, 3.63) is 35.1 Å². The first-order valence-electron chi connectivity index (χ1n) is 7.45. The second-order valence-electron chi connectivity index (χ2n) is 5.73. The summed E-state index contributed by atoms with van der Waals surface area (Å²) in [5, 5.41) is 3.02. The first-order valence-corrected chi connectivity index (χ1v) is 7.45. The molecule has 1 saturated heterocycles. The van der Waals surface area contributed by atoms with Crippen LogP contribution >= 0.6 is 12.4 Å². The normalized spacial score (nSPS) is 17.9. The van der Waals surface area contributed by atoms with E-state index in [1.54, 1.807) is 4.90 Å². The Morgan fingerprint density at radius 3 is 2.12 bits per heavy atom. The highest BCUT2D eigenvalue weighted by Crippen LogP contribution is 2.36. The smallest absolute Gasteiger partial charge is 0.314 e. The summed E-state index contributed by atoms with van der Waals surface area (Å²) in [7, 11) is 0. The first-order chi connectivity index (χ1) is 11.1. The summed E-state index contributed by atoms with van der Waals surface area (Å²) in [5.74, 6) is -1.10. The third kappa shape index (κ3) is 6.63. The number of halogens is 8. The molecule has 1 atom stereocenters. The number of alkyl halides is 6. The van der Waals surface area contributed by atoms with E-state index in [2.05, 4.69) is 5.32 Å². The van der Waals surface area contributed by atoms with Crippen molar-refractivity contribution in [2.45, 2.75) is 31.2 Å². The molecular formula is C15H18ClF7N2. The monoisotopic (exact) mass is 394 g/mol. The van der Waals surface area contributed by atoms with E-state index < -0.39 is 42.6 Å². The van der Waals surface area contributed by atoms with Crippen LogP contribution < -0.4 is 5.32 Å². The average Bonchev–Trinajstić information content (AvgIpc) is 2.46. The Labute approximate surface area is 146 Å². The fourth-order valence-electron chi connectivity index (χ4n) is 2.82. The predicted molar refractivity (Wildman–Crippen MR) is 81.1 cm³/mol. The van der Waals surface area contributed by atoms with Gasteiger partial charge in [-0.25, -0.2) is 4.39 Å². The average molecular weight is 395 g/mol. The van der Waals surface area contributed by atoms with Crippen molar-refractivity contribution in [2.75, 3.05) is 26.2 Å². The van der Waals surface area contributed by atoms with Crippen LogP contribution in [0.2, 0.25) is 0 Å². The molecule has 0 amide bonds. The molecule has 1 aromatic carbocycles. The minimum Gasteiger partial charge on any atom is -0.314 e. The van der Waals surface area contributed by atoms with Gasteiger partial charge in [-0.3, -0.25) is 4.90 Å². The van der Waals surface area contributed by atoms with Gasteiger partial charge in [-0.2, -0.15) is 26.3 Å². The lowest BCUT2D eigenvalue weighted by atomic mass is 9.97. The SMILES string of the molecule is Cl.Fc1cc([C@@H](CCC(F)(F)F)N2CCNCC2)cc(C(F)(F)F)c1. The molecule has 2 rings (SSSR count). The van der Waals surface area contributed by atoms with Crippen LogP contribution in [0.4, 0.5) is 30.7 Å². The fourth-order valence-corrected chi connectivity index (χ4v) is 2.82. The number of hydrogen-bond donors (Lipinski definition) is 1. The van der Waals surface area contributed by atoms with Gasteiger partial charge in [-0.05, 0) is 30.2 Å². The van der Waals surface area contributed by atoms with E-state index in [-0.39, 0.29) is 18.0 Å². The van der Waals surface area contributed by atoms with Crippen molar-refractivity contribution < 1.29 is 30.7 Å². The van der Waals surface area contributed by atoms with Crippen LogP contribution in [0.15, 0.2) is 18.2 Å². The van der Waals surface area contributed by atoms with E-state index in [0.717, 1.165) is 12.1 Å². The van der Waals surface area contributed by atoms with Gasteiger partial charge >= 0.3 is 12.4 Å². The van der Waals surface area contributed by atoms with Crippen molar-refractivity contribution in [2.24, 2.45) is 0 Å². The summed E-state index contributed by atoms with van der Waals surface area (Å²) in [6.07, 6.45) is -10.7. The number of piperazine rings is 1. The van der Waals surface area contributed by atoms with Gasteiger partial charge in [-0.15, -0.1) is 12.4 Å². The predicted octanol–water partition coefficient (Wildman–Crippen LogP) is 4.56. The summed E-state index contributed by atoms with van der Waals surface area (Å²) in [6.45, 7) is 1.81. The molecule has 0 spiro atoms. The van der Waals surface area contributed by atoms with E-state index in [1.807, 2.05) is 0 Å². The molecule has 10 heteroatoms. The lowest BCUT2D eigenvalue weighted by Crippen LogP contribution is -2.45. The van der Waals surface area contributed by atoms with Crippen LogP contribution in [0.3, 0.4) is 0 Å². The standard InChI is InChI=1S/C15H17F7N2.ClH/c16-12-8-10(7-11(9-12)15(20,21)22)13(1-2-14(17,18)19)24-5-3-23-4-6-24;/h7-9,13,23H,1-6H2;1H/t13-;/m1./s1. The largest absolute Gasteiger partial charge is 0.416 e. The number of hydrogen-bond acceptors (Lipinski definition) is 2. The van der Waals surface area contributed by atoms with E-state index in [1.165, 1.54) is 0 Å². The minimum atomic E-state index is -4.76. The Morgan fingerprint density at radius 1 is 1.00 bits per heavy atom. The van der Waals surface area contributed by atoms with E-state index >= 15 is 0 Å². The Balaban J connectivity index is 0.00000312. The Kier molecular flexibility index (Phi) is 7.52. The topological polar surface area (TPSA) is 15.3 Å². The first kappa shape index (κ1) is 22.0. The molecule has 2 nitrogen and oxygen atoms in total. The zero-order valence-corrected chi connectivity index (χ0v) is 13.9. The Hall–Kier alpha value is -1.06. The number of rotatable bonds is 4. The summed E-state index contributed by atoms with van der Waals surface area (Å²) >= 11 is 0. The van der Waals surface area contributed by atoms with Crippen molar-refractivity contribution in [3.8, 4) is 0 Å². The fraction of sp³-hybridized carbons (Fsp3) is 0.600. The van der Waals surface area contributed by atoms with E-state index in [4.69, 9.17) is 0 Å². The molecule has 1 fully saturated rings. The van der Waals surface area contributed by atoms with Gasteiger partial charge in [0.25, 0.3) is 0 Å². The number of benzene rings is 1. The maximum Gasteiger partial charge on any atom is 0.416 e. The van der Waals surface area contributed by atoms with E-state index in [9.17, 15) is 30.7 Å². The van der Waals surface area contributed by atoms with Gasteiger partial charge < -0.3 is 5.32 Å². The molecule has 0 saturated carbocycles. The molecule has 1 heterocycles. The molecule has 1 aliphatic rings. The molecule has 0 aliphatic carbocycles. The Morgan fingerprint density at radius 2 is 1.60 bits per heavy atom. The van der Waals surface area contributed by atoms with Crippen LogP contribution in [0.5, 0.6) is 0 Å². The maximum absolute atomic E-state index is 13.6. The lowest BCUT2D eigenvalue weighted by Gasteiger charge is -2.35. The van der Waals surface area contributed by atoms with Crippen molar-refractivity contribution in [3.63, 3.8) is 0 Å². The third-order valence-electron chi connectivity index (χ3n) is 3.93. The third-order valence-corrected chi connectivity index (χ3v) is 3.93. The van der Waals surface area contributed by atoms with Crippen LogP contribution in [0.25, 0.3) is 0 Å². The van der Waals surface area contributed by atoms with Crippen LogP contribution in [0, 0.1) is 5.82 Å². The summed E-state index contributed by atoms with van der Waals surface area (Å²) in [6, 6.07) is 1.07.